The van der Waals surface area contributed by atoms with Crippen molar-refractivity contribution in [1.29, 1.82) is 0 Å². The van der Waals surface area contributed by atoms with Crippen molar-refractivity contribution in [2.24, 2.45) is 5.84 Å². The van der Waals surface area contributed by atoms with Crippen molar-refractivity contribution in [2.75, 3.05) is 24.5 Å². The minimum absolute atomic E-state index is 0.260. The Kier molecular flexibility index (Phi) is 5.52. The zero-order chi connectivity index (χ0) is 11.8. The molecule has 0 spiro atoms. The molecule has 1 unspecified atom stereocenters. The lowest BCUT2D eigenvalue weighted by atomic mass is 10.2. The van der Waals surface area contributed by atoms with Gasteiger partial charge in [0.05, 0.1) is 12.6 Å². The molecule has 0 radical (unpaired) electrons. The quantitative estimate of drug-likeness (QED) is 0.474. The molecule has 1 aromatic heterocycles. The first-order valence-corrected chi connectivity index (χ1v) is 5.35. The molecule has 0 saturated heterocycles. The molecule has 0 aromatic carbocycles. The molecular weight excluding hydrogens is 206 g/mol. The lowest BCUT2D eigenvalue weighted by Crippen LogP contribution is -2.25. The molecule has 0 fully saturated rings. The van der Waals surface area contributed by atoms with Crippen LogP contribution in [0.5, 0.6) is 0 Å². The molecule has 6 nitrogen and oxygen atoms in total. The van der Waals surface area contributed by atoms with E-state index in [1.165, 1.54) is 0 Å². The Morgan fingerprint density at radius 2 is 2.38 bits per heavy atom. The van der Waals surface area contributed by atoms with Crippen molar-refractivity contribution in [2.45, 2.75) is 25.8 Å². The molecule has 6 heteroatoms. The van der Waals surface area contributed by atoms with Crippen LogP contribution in [-0.4, -0.2) is 29.7 Å². The lowest BCUT2D eigenvalue weighted by Gasteiger charge is -2.17. The Bertz CT molecular complexity index is 301. The first-order chi connectivity index (χ1) is 7.80. The van der Waals surface area contributed by atoms with Crippen molar-refractivity contribution < 1.29 is 4.74 Å². The molecule has 0 bridgehead atoms. The fraction of sp³-hybridized carbons (Fsp3) is 0.600. The summed E-state index contributed by atoms with van der Waals surface area (Å²) < 4.78 is 5.14. The molecule has 4 N–H and O–H groups in total. The summed E-state index contributed by atoms with van der Waals surface area (Å²) in [6.45, 7) is 2.79. The summed E-state index contributed by atoms with van der Waals surface area (Å²) in [5, 5.41) is 3.28. The number of methoxy groups -OCH3 is 1. The molecule has 0 aliphatic carbocycles. The third-order valence-electron chi connectivity index (χ3n) is 2.14. The van der Waals surface area contributed by atoms with E-state index in [-0.39, 0.29) is 6.04 Å². The number of hydrogen-bond acceptors (Lipinski definition) is 6. The van der Waals surface area contributed by atoms with E-state index in [1.54, 1.807) is 19.4 Å². The maximum absolute atomic E-state index is 5.24. The van der Waals surface area contributed by atoms with Gasteiger partial charge in [-0.25, -0.2) is 10.8 Å². The van der Waals surface area contributed by atoms with Crippen LogP contribution in [0.25, 0.3) is 0 Å². The maximum atomic E-state index is 5.24. The van der Waals surface area contributed by atoms with E-state index in [4.69, 9.17) is 10.6 Å². The van der Waals surface area contributed by atoms with Crippen molar-refractivity contribution in [3.8, 4) is 0 Å². The molecule has 0 aliphatic heterocycles. The monoisotopic (exact) mass is 225 g/mol. The number of nitrogens with zero attached hydrogens (tertiary/aromatic N) is 2. The van der Waals surface area contributed by atoms with Crippen LogP contribution in [0.3, 0.4) is 0 Å². The van der Waals surface area contributed by atoms with Gasteiger partial charge in [0, 0.05) is 13.3 Å². The number of hydrazine groups is 1. The van der Waals surface area contributed by atoms with Gasteiger partial charge < -0.3 is 10.1 Å². The first-order valence-electron chi connectivity index (χ1n) is 5.35. The van der Waals surface area contributed by atoms with Gasteiger partial charge in [0.2, 0.25) is 5.95 Å². The molecular formula is C10H19N5O. The number of rotatable bonds is 7. The highest BCUT2D eigenvalue weighted by Gasteiger charge is 2.08. The summed E-state index contributed by atoms with van der Waals surface area (Å²) in [6, 6.07) is 2.06. The van der Waals surface area contributed by atoms with Gasteiger partial charge in [-0.05, 0) is 12.5 Å². The summed E-state index contributed by atoms with van der Waals surface area (Å²) in [6.07, 6.45) is 3.78. The van der Waals surface area contributed by atoms with Crippen LogP contribution < -0.4 is 16.6 Å². The second-order valence-corrected chi connectivity index (χ2v) is 3.50. The first kappa shape index (κ1) is 12.7. The Morgan fingerprint density at radius 3 is 3.00 bits per heavy atom. The molecule has 1 atom stereocenters. The van der Waals surface area contributed by atoms with Gasteiger partial charge >= 0.3 is 0 Å². The fourth-order valence-corrected chi connectivity index (χ4v) is 1.46. The van der Waals surface area contributed by atoms with E-state index in [1.807, 2.05) is 0 Å². The van der Waals surface area contributed by atoms with Crippen LogP contribution in [0, 0.1) is 0 Å². The average molecular weight is 225 g/mol. The van der Waals surface area contributed by atoms with Gasteiger partial charge in [-0.1, -0.05) is 13.3 Å². The van der Waals surface area contributed by atoms with E-state index in [2.05, 4.69) is 27.6 Å². The average Bonchev–Trinajstić information content (AvgIpc) is 2.30. The number of nitrogens with two attached hydrogens (primary N) is 1. The van der Waals surface area contributed by atoms with Gasteiger partial charge in [0.1, 0.15) is 5.82 Å². The lowest BCUT2D eigenvalue weighted by molar-refractivity contribution is 0.182. The summed E-state index contributed by atoms with van der Waals surface area (Å²) in [4.78, 5) is 8.12. The molecule has 1 heterocycles. The predicted molar refractivity (Wildman–Crippen MR) is 64.0 cm³/mol. The van der Waals surface area contributed by atoms with E-state index in [0.717, 1.165) is 18.7 Å². The van der Waals surface area contributed by atoms with Crippen LogP contribution in [0.1, 0.15) is 19.8 Å². The smallest absolute Gasteiger partial charge is 0.239 e. The largest absolute Gasteiger partial charge is 0.383 e. The van der Waals surface area contributed by atoms with Crippen LogP contribution in [-0.2, 0) is 4.74 Å². The van der Waals surface area contributed by atoms with Crippen molar-refractivity contribution in [3.63, 3.8) is 0 Å². The number of aromatic nitrogens is 2. The summed E-state index contributed by atoms with van der Waals surface area (Å²) in [5.74, 6) is 6.39. The van der Waals surface area contributed by atoms with Crippen LogP contribution in [0.2, 0.25) is 0 Å². The Morgan fingerprint density at radius 1 is 1.56 bits per heavy atom. The molecule has 90 valence electrons. The van der Waals surface area contributed by atoms with Crippen LogP contribution in [0.15, 0.2) is 12.3 Å². The number of anilines is 2. The van der Waals surface area contributed by atoms with Gasteiger partial charge in [-0.3, -0.25) is 5.43 Å². The molecule has 0 amide bonds. The number of nitrogens with one attached hydrogen (secondary N) is 2. The number of nitrogen functional groups attached to an aromatic ring is 1. The fourth-order valence-electron chi connectivity index (χ4n) is 1.46. The Labute approximate surface area is 95.6 Å². The van der Waals surface area contributed by atoms with Gasteiger partial charge in [0.15, 0.2) is 0 Å². The Balaban J connectivity index is 2.60. The van der Waals surface area contributed by atoms with Gasteiger partial charge in [-0.15, -0.1) is 0 Å². The molecule has 0 saturated carbocycles. The minimum Gasteiger partial charge on any atom is -0.383 e. The summed E-state index contributed by atoms with van der Waals surface area (Å²) >= 11 is 0. The second-order valence-electron chi connectivity index (χ2n) is 3.50. The molecule has 16 heavy (non-hydrogen) atoms. The zero-order valence-corrected chi connectivity index (χ0v) is 9.73. The summed E-state index contributed by atoms with van der Waals surface area (Å²) in [7, 11) is 1.69. The highest BCUT2D eigenvalue weighted by Crippen LogP contribution is 2.09. The van der Waals surface area contributed by atoms with E-state index >= 15 is 0 Å². The number of ether oxygens (including phenoxy) is 1. The van der Waals surface area contributed by atoms with E-state index < -0.39 is 0 Å². The highest BCUT2D eigenvalue weighted by atomic mass is 16.5. The number of hydrogen-bond donors (Lipinski definition) is 3. The highest BCUT2D eigenvalue weighted by molar-refractivity contribution is 5.39. The molecule has 1 rings (SSSR count). The molecule has 0 aliphatic rings. The van der Waals surface area contributed by atoms with Crippen molar-refractivity contribution >= 4 is 11.8 Å². The standard InChI is InChI=1S/C10H19N5O/c1-3-4-8(7-16-2)13-9-5-6-12-10(14-9)15-11/h5-6,8H,3-4,7,11H2,1-2H3,(H2,12,13,14,15). The van der Waals surface area contributed by atoms with Gasteiger partial charge in [0.25, 0.3) is 0 Å². The zero-order valence-electron chi connectivity index (χ0n) is 9.73. The minimum atomic E-state index is 0.260. The van der Waals surface area contributed by atoms with Crippen LogP contribution in [0.4, 0.5) is 11.8 Å². The maximum Gasteiger partial charge on any atom is 0.239 e. The molecule has 1 aromatic rings. The van der Waals surface area contributed by atoms with Crippen molar-refractivity contribution in [1.82, 2.24) is 9.97 Å². The third-order valence-corrected chi connectivity index (χ3v) is 2.14. The predicted octanol–water partition coefficient (Wildman–Crippen LogP) is 0.989. The topological polar surface area (TPSA) is 85.1 Å². The normalized spacial score (nSPS) is 12.2. The SMILES string of the molecule is CCCC(COC)Nc1ccnc(NN)n1. The van der Waals surface area contributed by atoms with E-state index in [9.17, 15) is 0 Å². The van der Waals surface area contributed by atoms with Crippen molar-refractivity contribution in [3.05, 3.63) is 12.3 Å². The van der Waals surface area contributed by atoms with Crippen LogP contribution >= 0.6 is 0 Å². The van der Waals surface area contributed by atoms with E-state index in [0.29, 0.717) is 12.6 Å². The second kappa shape index (κ2) is 6.97. The van der Waals surface area contributed by atoms with Gasteiger partial charge in [-0.2, -0.15) is 4.98 Å². The third kappa shape index (κ3) is 4.00. The summed E-state index contributed by atoms with van der Waals surface area (Å²) in [5.41, 5.74) is 2.41. The Hall–Kier alpha value is -1.40.